The van der Waals surface area contributed by atoms with Crippen molar-refractivity contribution in [2.24, 2.45) is 33.7 Å². The maximum absolute atomic E-state index is 12.5. The van der Waals surface area contributed by atoms with Gasteiger partial charge >= 0.3 is 5.97 Å². The van der Waals surface area contributed by atoms with Gasteiger partial charge in [0, 0.05) is 6.42 Å². The molecule has 0 aromatic heterocycles. The standard InChI is InChI=1S/C31H42N2O5/c1-30-15-13-22(18-21(30)9-10-23-24-11-12-27(34)31(24,2)16-14-25(23)30)33-38-19-28(35)32-26(29(36)37-3)17-20-7-5-4-6-8-20/h4-8,18,23-27,34H,9-17,19H2,1-3H3,(H,32,35)/b33-22+/t23-,24-,25-,26-,27-,30-,31-/m0/s1. The lowest BCUT2D eigenvalue weighted by atomic mass is 9.47. The van der Waals surface area contributed by atoms with Crippen LogP contribution in [0.3, 0.4) is 0 Å². The number of hydrogen-bond donors (Lipinski definition) is 2. The molecule has 0 heterocycles. The van der Waals surface area contributed by atoms with E-state index in [1.807, 2.05) is 30.3 Å². The van der Waals surface area contributed by atoms with Crippen LogP contribution in [0.15, 0.2) is 47.1 Å². The number of ether oxygens (including phenoxy) is 1. The normalized spacial score (nSPS) is 35.8. The summed E-state index contributed by atoms with van der Waals surface area (Å²) in [5.74, 6) is 1.11. The minimum Gasteiger partial charge on any atom is -0.467 e. The van der Waals surface area contributed by atoms with E-state index in [1.54, 1.807) is 0 Å². The molecule has 38 heavy (non-hydrogen) atoms. The van der Waals surface area contributed by atoms with Crippen LogP contribution < -0.4 is 5.32 Å². The molecular formula is C31H42N2O5. The van der Waals surface area contributed by atoms with Gasteiger partial charge in [-0.25, -0.2) is 4.79 Å². The smallest absolute Gasteiger partial charge is 0.328 e. The largest absolute Gasteiger partial charge is 0.467 e. The van der Waals surface area contributed by atoms with Crippen molar-refractivity contribution in [3.63, 3.8) is 0 Å². The fraction of sp³-hybridized carbons (Fsp3) is 0.645. The molecule has 3 fully saturated rings. The summed E-state index contributed by atoms with van der Waals surface area (Å²) in [6.45, 7) is 4.52. The minimum atomic E-state index is -0.780. The Kier molecular flexibility index (Phi) is 7.67. The second-order valence-corrected chi connectivity index (χ2v) is 12.3. The third-order valence-corrected chi connectivity index (χ3v) is 10.4. The molecule has 0 unspecified atom stereocenters. The minimum absolute atomic E-state index is 0.0996. The number of amides is 1. The molecule has 7 atom stereocenters. The number of nitrogens with zero attached hydrogens (tertiary/aromatic N) is 1. The van der Waals surface area contributed by atoms with Gasteiger partial charge in [0.2, 0.25) is 0 Å². The molecule has 0 bridgehead atoms. The van der Waals surface area contributed by atoms with Crippen LogP contribution in [0, 0.1) is 28.6 Å². The van der Waals surface area contributed by atoms with Gasteiger partial charge in [0.25, 0.3) is 5.91 Å². The Morgan fingerprint density at radius 2 is 1.87 bits per heavy atom. The van der Waals surface area contributed by atoms with E-state index in [9.17, 15) is 14.7 Å². The summed E-state index contributed by atoms with van der Waals surface area (Å²) in [5, 5.41) is 17.7. The Labute approximate surface area is 226 Å². The molecule has 7 nitrogen and oxygen atoms in total. The first-order valence-electron chi connectivity index (χ1n) is 14.2. The summed E-state index contributed by atoms with van der Waals surface area (Å²) >= 11 is 0. The molecule has 1 aromatic rings. The van der Waals surface area contributed by atoms with Crippen LogP contribution in [0.2, 0.25) is 0 Å². The number of rotatable bonds is 7. The number of allylic oxidation sites excluding steroid dienone is 2. The number of esters is 1. The lowest BCUT2D eigenvalue weighted by Gasteiger charge is -2.57. The number of fused-ring (bicyclic) bond motifs is 5. The molecule has 0 spiro atoms. The van der Waals surface area contributed by atoms with E-state index in [0.717, 1.165) is 43.4 Å². The molecule has 0 aliphatic heterocycles. The molecule has 0 saturated heterocycles. The third kappa shape index (κ3) is 5.02. The summed E-state index contributed by atoms with van der Waals surface area (Å²) in [6, 6.07) is 8.73. The number of aliphatic hydroxyl groups is 1. The number of hydrogen-bond acceptors (Lipinski definition) is 6. The van der Waals surface area contributed by atoms with Crippen LogP contribution in [-0.2, 0) is 25.6 Å². The van der Waals surface area contributed by atoms with Gasteiger partial charge < -0.3 is 20.0 Å². The molecule has 1 aromatic carbocycles. The van der Waals surface area contributed by atoms with E-state index in [2.05, 4.69) is 30.4 Å². The fourth-order valence-electron chi connectivity index (χ4n) is 8.21. The van der Waals surface area contributed by atoms with Crippen molar-refractivity contribution in [1.29, 1.82) is 0 Å². The Balaban J connectivity index is 1.18. The number of aliphatic hydroxyl groups excluding tert-OH is 1. The highest BCUT2D eigenvalue weighted by atomic mass is 16.6. The van der Waals surface area contributed by atoms with E-state index >= 15 is 0 Å². The number of methoxy groups -OCH3 is 1. The number of carbonyl (C=O) groups is 2. The maximum atomic E-state index is 12.5. The van der Waals surface area contributed by atoms with Gasteiger partial charge in [0.05, 0.1) is 18.9 Å². The zero-order valence-corrected chi connectivity index (χ0v) is 22.9. The Morgan fingerprint density at radius 3 is 2.63 bits per heavy atom. The van der Waals surface area contributed by atoms with Gasteiger partial charge in [0.1, 0.15) is 6.04 Å². The molecule has 1 amide bonds. The molecule has 4 aliphatic carbocycles. The van der Waals surface area contributed by atoms with Crippen LogP contribution in [0.5, 0.6) is 0 Å². The monoisotopic (exact) mass is 522 g/mol. The van der Waals surface area contributed by atoms with Gasteiger partial charge in [-0.05, 0) is 91.6 Å². The van der Waals surface area contributed by atoms with Gasteiger partial charge in [-0.1, -0.05) is 54.9 Å². The first kappa shape index (κ1) is 26.9. The van der Waals surface area contributed by atoms with Crippen molar-refractivity contribution in [1.82, 2.24) is 5.32 Å². The number of carbonyl (C=O) groups excluding carboxylic acids is 2. The summed E-state index contributed by atoms with van der Waals surface area (Å²) < 4.78 is 4.87. The molecular weight excluding hydrogens is 480 g/mol. The Bertz CT molecular complexity index is 1100. The zero-order valence-electron chi connectivity index (χ0n) is 22.9. The molecule has 3 saturated carbocycles. The Hall–Kier alpha value is -2.67. The first-order chi connectivity index (χ1) is 18.2. The lowest BCUT2D eigenvalue weighted by molar-refractivity contribution is -0.145. The van der Waals surface area contributed by atoms with Crippen molar-refractivity contribution >= 4 is 17.6 Å². The second kappa shape index (κ2) is 10.8. The van der Waals surface area contributed by atoms with E-state index in [4.69, 9.17) is 9.57 Å². The van der Waals surface area contributed by atoms with Crippen LogP contribution >= 0.6 is 0 Å². The third-order valence-electron chi connectivity index (χ3n) is 10.4. The van der Waals surface area contributed by atoms with Gasteiger partial charge in [-0.3, -0.25) is 4.79 Å². The molecule has 5 rings (SSSR count). The average Bonchev–Trinajstić information content (AvgIpc) is 3.22. The fourth-order valence-corrected chi connectivity index (χ4v) is 8.21. The van der Waals surface area contributed by atoms with E-state index in [0.29, 0.717) is 24.2 Å². The highest BCUT2D eigenvalue weighted by molar-refractivity contribution is 5.96. The van der Waals surface area contributed by atoms with E-state index in [1.165, 1.54) is 31.9 Å². The molecule has 7 heteroatoms. The van der Waals surface area contributed by atoms with Crippen LogP contribution in [0.25, 0.3) is 0 Å². The highest BCUT2D eigenvalue weighted by Gasteiger charge is 2.58. The van der Waals surface area contributed by atoms with Crippen molar-refractivity contribution in [2.75, 3.05) is 13.7 Å². The predicted octanol–water partition coefficient (Wildman–Crippen LogP) is 4.58. The number of benzene rings is 1. The molecule has 0 radical (unpaired) electrons. The number of nitrogens with one attached hydrogen (secondary N) is 1. The van der Waals surface area contributed by atoms with Gasteiger partial charge in [-0.15, -0.1) is 0 Å². The molecule has 206 valence electrons. The maximum Gasteiger partial charge on any atom is 0.328 e. The second-order valence-electron chi connectivity index (χ2n) is 12.3. The van der Waals surface area contributed by atoms with E-state index in [-0.39, 0.29) is 23.5 Å². The zero-order chi connectivity index (χ0) is 26.9. The average molecular weight is 523 g/mol. The van der Waals surface area contributed by atoms with Crippen molar-refractivity contribution in [3.05, 3.63) is 47.5 Å². The lowest BCUT2D eigenvalue weighted by Crippen LogP contribution is -2.51. The summed E-state index contributed by atoms with van der Waals surface area (Å²) in [4.78, 5) is 30.2. The number of oxime groups is 1. The van der Waals surface area contributed by atoms with Gasteiger partial charge in [-0.2, -0.15) is 0 Å². The van der Waals surface area contributed by atoms with Crippen LogP contribution in [0.1, 0.15) is 70.8 Å². The SMILES string of the molecule is COC(=O)[C@H](Cc1ccccc1)NC(=O)CO/N=C1/C=C2CC[C@H]3[C@@H]4CC[C@H](O)[C@@]4(C)CC[C@@H]3[C@@]2(C)CC1. The molecule has 2 N–H and O–H groups in total. The summed E-state index contributed by atoms with van der Waals surface area (Å²) in [5.41, 5.74) is 3.56. The quantitative estimate of drug-likeness (QED) is 0.404. The highest BCUT2D eigenvalue weighted by Crippen LogP contribution is 2.65. The van der Waals surface area contributed by atoms with Crippen molar-refractivity contribution in [2.45, 2.75) is 83.8 Å². The van der Waals surface area contributed by atoms with Crippen LogP contribution in [0.4, 0.5) is 0 Å². The first-order valence-corrected chi connectivity index (χ1v) is 14.2. The van der Waals surface area contributed by atoms with Crippen LogP contribution in [-0.4, -0.2) is 48.6 Å². The van der Waals surface area contributed by atoms with Gasteiger partial charge in [0.15, 0.2) is 6.61 Å². The van der Waals surface area contributed by atoms with Crippen molar-refractivity contribution in [3.8, 4) is 0 Å². The summed E-state index contributed by atoms with van der Waals surface area (Å²) in [7, 11) is 1.32. The predicted molar refractivity (Wildman–Crippen MR) is 145 cm³/mol. The topological polar surface area (TPSA) is 97.2 Å². The molecule has 4 aliphatic rings. The Morgan fingerprint density at radius 1 is 1.08 bits per heavy atom. The summed E-state index contributed by atoms with van der Waals surface area (Å²) in [6.07, 6.45) is 11.0. The van der Waals surface area contributed by atoms with Crippen molar-refractivity contribution < 1.29 is 24.3 Å². The van der Waals surface area contributed by atoms with E-state index < -0.39 is 17.9 Å².